The molecule has 0 radical (unpaired) electrons. The molecule has 2 heterocycles. The molecule has 6 nitrogen and oxygen atoms in total. The van der Waals surface area contributed by atoms with E-state index in [1.54, 1.807) is 30.7 Å². The number of hydrogen-bond acceptors (Lipinski definition) is 4. The highest BCUT2D eigenvalue weighted by Crippen LogP contribution is 2.22. The molecule has 24 heavy (non-hydrogen) atoms. The van der Waals surface area contributed by atoms with Crippen LogP contribution < -0.4 is 5.32 Å². The van der Waals surface area contributed by atoms with E-state index < -0.39 is 0 Å². The van der Waals surface area contributed by atoms with Crippen molar-refractivity contribution in [2.45, 2.75) is 19.3 Å². The molecule has 1 amide bonds. The highest BCUT2D eigenvalue weighted by Gasteiger charge is 2.12. The first kappa shape index (κ1) is 15.9. The number of aryl methyl sites for hydroxylation is 1. The Hall–Kier alpha value is -3.02. The Morgan fingerprint density at radius 3 is 2.83 bits per heavy atom. The summed E-state index contributed by atoms with van der Waals surface area (Å²) in [5.74, 6) is 0.985. The Labute approximate surface area is 140 Å². The molecule has 0 fully saturated rings. The van der Waals surface area contributed by atoms with Crippen molar-refractivity contribution in [1.82, 2.24) is 19.7 Å². The summed E-state index contributed by atoms with van der Waals surface area (Å²) in [6, 6.07) is 13.1. The van der Waals surface area contributed by atoms with Gasteiger partial charge in [0.1, 0.15) is 17.8 Å². The summed E-state index contributed by atoms with van der Waals surface area (Å²) < 4.78 is 1.92. The summed E-state index contributed by atoms with van der Waals surface area (Å²) in [4.78, 5) is 16.3. The van der Waals surface area contributed by atoms with Crippen LogP contribution in [0, 0.1) is 0 Å². The van der Waals surface area contributed by atoms with Gasteiger partial charge in [0.15, 0.2) is 0 Å². The van der Waals surface area contributed by atoms with Gasteiger partial charge >= 0.3 is 0 Å². The van der Waals surface area contributed by atoms with Crippen molar-refractivity contribution < 1.29 is 4.79 Å². The lowest BCUT2D eigenvalue weighted by Crippen LogP contribution is -2.13. The maximum atomic E-state index is 12.2. The normalized spacial score (nSPS) is 11.9. The van der Waals surface area contributed by atoms with Crippen LogP contribution in [0.5, 0.6) is 0 Å². The first-order valence-electron chi connectivity index (χ1n) is 7.78. The molecule has 1 atom stereocenters. The molecule has 6 heteroatoms. The third-order valence-electron chi connectivity index (χ3n) is 3.90. The molecule has 1 unspecified atom stereocenters. The van der Waals surface area contributed by atoms with Crippen LogP contribution in [0.15, 0.2) is 55.0 Å². The zero-order valence-electron chi connectivity index (χ0n) is 13.7. The Balaban J connectivity index is 1.72. The monoisotopic (exact) mass is 321 g/mol. The first-order chi connectivity index (χ1) is 11.6. The minimum absolute atomic E-state index is 0.214. The predicted octanol–water partition coefficient (Wildman–Crippen LogP) is 2.81. The van der Waals surface area contributed by atoms with Gasteiger partial charge in [-0.1, -0.05) is 25.1 Å². The summed E-state index contributed by atoms with van der Waals surface area (Å²) >= 11 is 0. The standard InChI is InChI=1S/C18H19N5O/c1-13(10-17-22-20-12-23(17)2)14-6-5-7-15(11-14)21-18(24)16-8-3-4-9-19-16/h3-9,11-13H,10H2,1-2H3,(H,21,24). The highest BCUT2D eigenvalue weighted by atomic mass is 16.1. The number of nitrogens with zero attached hydrogens (tertiary/aromatic N) is 4. The number of aromatic nitrogens is 4. The average molecular weight is 321 g/mol. The van der Waals surface area contributed by atoms with E-state index >= 15 is 0 Å². The first-order valence-corrected chi connectivity index (χ1v) is 7.78. The molecule has 0 aliphatic carbocycles. The molecule has 0 aliphatic rings. The Kier molecular flexibility index (Phi) is 4.65. The van der Waals surface area contributed by atoms with Crippen molar-refractivity contribution in [1.29, 1.82) is 0 Å². The summed E-state index contributed by atoms with van der Waals surface area (Å²) in [5.41, 5.74) is 2.29. The van der Waals surface area contributed by atoms with Gasteiger partial charge in [0.05, 0.1) is 0 Å². The topological polar surface area (TPSA) is 72.7 Å². The summed E-state index contributed by atoms with van der Waals surface area (Å²) in [5, 5.41) is 10.9. The number of anilines is 1. The number of benzene rings is 1. The van der Waals surface area contributed by atoms with E-state index in [0.717, 1.165) is 23.5 Å². The quantitative estimate of drug-likeness (QED) is 0.784. The Morgan fingerprint density at radius 2 is 2.12 bits per heavy atom. The number of nitrogens with one attached hydrogen (secondary N) is 1. The van der Waals surface area contributed by atoms with Crippen molar-refractivity contribution >= 4 is 11.6 Å². The molecule has 2 aromatic heterocycles. The molecule has 0 spiro atoms. The lowest BCUT2D eigenvalue weighted by molar-refractivity contribution is 0.102. The molecule has 0 saturated carbocycles. The molecular weight excluding hydrogens is 302 g/mol. The number of amides is 1. The number of hydrogen-bond donors (Lipinski definition) is 1. The molecule has 0 bridgehead atoms. The molecule has 0 saturated heterocycles. The Bertz CT molecular complexity index is 828. The van der Waals surface area contributed by atoms with Crippen LogP contribution in [-0.4, -0.2) is 25.7 Å². The van der Waals surface area contributed by atoms with Crippen molar-refractivity contribution in [3.8, 4) is 0 Å². The van der Waals surface area contributed by atoms with Crippen LogP contribution in [0.2, 0.25) is 0 Å². The van der Waals surface area contributed by atoms with Crippen LogP contribution >= 0.6 is 0 Å². The summed E-state index contributed by atoms with van der Waals surface area (Å²) in [6.45, 7) is 2.13. The second-order valence-corrected chi connectivity index (χ2v) is 5.76. The number of carbonyl (C=O) groups is 1. The van der Waals surface area contributed by atoms with Crippen LogP contribution in [0.4, 0.5) is 5.69 Å². The van der Waals surface area contributed by atoms with Crippen LogP contribution in [-0.2, 0) is 13.5 Å². The van der Waals surface area contributed by atoms with Gasteiger partial charge < -0.3 is 9.88 Å². The van der Waals surface area contributed by atoms with Gasteiger partial charge in [-0.15, -0.1) is 10.2 Å². The smallest absolute Gasteiger partial charge is 0.274 e. The maximum Gasteiger partial charge on any atom is 0.274 e. The van der Waals surface area contributed by atoms with E-state index in [4.69, 9.17) is 0 Å². The minimum atomic E-state index is -0.214. The van der Waals surface area contributed by atoms with Gasteiger partial charge in [0, 0.05) is 25.4 Å². The van der Waals surface area contributed by atoms with E-state index in [2.05, 4.69) is 33.5 Å². The van der Waals surface area contributed by atoms with Crippen molar-refractivity contribution in [2.24, 2.45) is 7.05 Å². The molecule has 1 N–H and O–H groups in total. The summed E-state index contributed by atoms with van der Waals surface area (Å²) in [7, 11) is 1.94. The average Bonchev–Trinajstić information content (AvgIpc) is 3.00. The molecule has 3 rings (SSSR count). The van der Waals surface area contributed by atoms with E-state index in [1.165, 1.54) is 0 Å². The lowest BCUT2D eigenvalue weighted by atomic mass is 9.97. The highest BCUT2D eigenvalue weighted by molar-refractivity contribution is 6.02. The van der Waals surface area contributed by atoms with Crippen LogP contribution in [0.25, 0.3) is 0 Å². The fourth-order valence-corrected chi connectivity index (χ4v) is 2.50. The van der Waals surface area contributed by atoms with Gasteiger partial charge in [-0.2, -0.15) is 0 Å². The number of pyridine rings is 1. The number of rotatable bonds is 5. The largest absolute Gasteiger partial charge is 0.321 e. The zero-order chi connectivity index (χ0) is 16.9. The van der Waals surface area contributed by atoms with Gasteiger partial charge in [0.2, 0.25) is 0 Å². The maximum absolute atomic E-state index is 12.2. The van der Waals surface area contributed by atoms with Crippen molar-refractivity contribution in [3.05, 3.63) is 72.1 Å². The third kappa shape index (κ3) is 3.65. The molecule has 0 aliphatic heterocycles. The van der Waals surface area contributed by atoms with Crippen molar-refractivity contribution in [2.75, 3.05) is 5.32 Å². The van der Waals surface area contributed by atoms with Crippen LogP contribution in [0.3, 0.4) is 0 Å². The lowest BCUT2D eigenvalue weighted by Gasteiger charge is -2.13. The van der Waals surface area contributed by atoms with E-state index in [-0.39, 0.29) is 11.8 Å². The SMILES string of the molecule is CC(Cc1nncn1C)c1cccc(NC(=O)c2ccccn2)c1. The summed E-state index contributed by atoms with van der Waals surface area (Å²) in [6.07, 6.45) is 4.09. The van der Waals surface area contributed by atoms with E-state index in [1.807, 2.05) is 29.8 Å². The third-order valence-corrected chi connectivity index (χ3v) is 3.90. The predicted molar refractivity (Wildman–Crippen MR) is 91.8 cm³/mol. The fourth-order valence-electron chi connectivity index (χ4n) is 2.50. The van der Waals surface area contributed by atoms with Gasteiger partial charge in [-0.05, 0) is 35.7 Å². The second-order valence-electron chi connectivity index (χ2n) is 5.76. The molecular formula is C18H19N5O. The van der Waals surface area contributed by atoms with Crippen LogP contribution in [0.1, 0.15) is 34.7 Å². The molecule has 1 aromatic carbocycles. The Morgan fingerprint density at radius 1 is 1.25 bits per heavy atom. The second kappa shape index (κ2) is 7.04. The van der Waals surface area contributed by atoms with Gasteiger partial charge in [0.25, 0.3) is 5.91 Å². The number of carbonyl (C=O) groups excluding carboxylic acids is 1. The minimum Gasteiger partial charge on any atom is -0.321 e. The van der Waals surface area contributed by atoms with E-state index in [0.29, 0.717) is 5.69 Å². The van der Waals surface area contributed by atoms with Gasteiger partial charge in [-0.3, -0.25) is 9.78 Å². The van der Waals surface area contributed by atoms with E-state index in [9.17, 15) is 4.79 Å². The molecule has 122 valence electrons. The van der Waals surface area contributed by atoms with Gasteiger partial charge in [-0.25, -0.2) is 0 Å². The zero-order valence-corrected chi connectivity index (χ0v) is 13.7. The van der Waals surface area contributed by atoms with Crippen molar-refractivity contribution in [3.63, 3.8) is 0 Å². The fraction of sp³-hybridized carbons (Fsp3) is 0.222. The molecule has 3 aromatic rings.